The van der Waals surface area contributed by atoms with E-state index >= 15 is 0 Å². The first-order valence-electron chi connectivity index (χ1n) is 7.38. The van der Waals surface area contributed by atoms with E-state index in [-0.39, 0.29) is 0 Å². The fraction of sp³-hybridized carbons (Fsp3) is 0.312. The summed E-state index contributed by atoms with van der Waals surface area (Å²) < 4.78 is 17.6. The van der Waals surface area contributed by atoms with Crippen molar-refractivity contribution < 1.29 is 14.2 Å². The number of hydrogen-bond acceptors (Lipinski definition) is 7. The summed E-state index contributed by atoms with van der Waals surface area (Å²) in [6.45, 7) is 2.30. The summed E-state index contributed by atoms with van der Waals surface area (Å²) in [6, 6.07) is 7.34. The Bertz CT molecular complexity index is 837. The van der Waals surface area contributed by atoms with Crippen molar-refractivity contribution in [2.75, 3.05) is 26.6 Å². The Morgan fingerprint density at radius 1 is 1.00 bits per heavy atom. The third-order valence-electron chi connectivity index (χ3n) is 3.58. The molecule has 2 heterocycles. The van der Waals surface area contributed by atoms with E-state index in [1.807, 2.05) is 31.2 Å². The van der Waals surface area contributed by atoms with Gasteiger partial charge >= 0.3 is 0 Å². The van der Waals surface area contributed by atoms with Crippen LogP contribution in [0.5, 0.6) is 17.2 Å². The topological polar surface area (TPSA) is 82.8 Å². The van der Waals surface area contributed by atoms with Crippen molar-refractivity contribution in [3.8, 4) is 17.2 Å². The molecule has 126 valence electrons. The van der Waals surface area contributed by atoms with Crippen LogP contribution < -0.4 is 19.5 Å². The Kier molecular flexibility index (Phi) is 4.37. The van der Waals surface area contributed by atoms with Gasteiger partial charge in [0.2, 0.25) is 0 Å². The first-order chi connectivity index (χ1) is 11.6. The number of nitrogens with one attached hydrogen (secondary N) is 1. The van der Waals surface area contributed by atoms with E-state index in [9.17, 15) is 0 Å². The van der Waals surface area contributed by atoms with Gasteiger partial charge in [-0.1, -0.05) is 0 Å². The summed E-state index contributed by atoms with van der Waals surface area (Å²) in [5.74, 6) is 3.38. The standard InChI is InChI=1S/C16H19N5O3/c1-10-18-16-6-5-15(20-21(16)19-10)17-9-12-13(23-3)7-11(22-2)8-14(12)24-4/h5-8H,9H2,1-4H3,(H,17,20). The van der Waals surface area contributed by atoms with Crippen molar-refractivity contribution in [3.63, 3.8) is 0 Å². The Morgan fingerprint density at radius 2 is 1.71 bits per heavy atom. The molecule has 3 aromatic rings. The molecule has 0 saturated carbocycles. The van der Waals surface area contributed by atoms with Crippen LogP contribution in [0.4, 0.5) is 5.82 Å². The molecule has 0 aliphatic heterocycles. The number of aryl methyl sites for hydroxylation is 1. The summed E-state index contributed by atoms with van der Waals surface area (Å²) >= 11 is 0. The maximum absolute atomic E-state index is 5.44. The Balaban J connectivity index is 1.86. The monoisotopic (exact) mass is 329 g/mol. The molecule has 0 spiro atoms. The summed E-state index contributed by atoms with van der Waals surface area (Å²) in [5.41, 5.74) is 1.58. The molecule has 1 N–H and O–H groups in total. The number of ether oxygens (including phenoxy) is 3. The third-order valence-corrected chi connectivity index (χ3v) is 3.58. The predicted octanol–water partition coefficient (Wildman–Crippen LogP) is 2.07. The summed E-state index contributed by atoms with van der Waals surface area (Å²) in [6.07, 6.45) is 0. The fourth-order valence-corrected chi connectivity index (χ4v) is 2.41. The van der Waals surface area contributed by atoms with Gasteiger partial charge < -0.3 is 19.5 Å². The smallest absolute Gasteiger partial charge is 0.176 e. The van der Waals surface area contributed by atoms with Gasteiger partial charge in [0, 0.05) is 18.7 Å². The lowest BCUT2D eigenvalue weighted by molar-refractivity contribution is 0.369. The molecule has 0 saturated heterocycles. The van der Waals surface area contributed by atoms with Gasteiger partial charge in [0.05, 0.1) is 26.9 Å². The molecule has 3 rings (SSSR count). The van der Waals surface area contributed by atoms with Crippen LogP contribution in [0.2, 0.25) is 0 Å². The van der Waals surface area contributed by atoms with E-state index in [1.165, 1.54) is 4.63 Å². The highest BCUT2D eigenvalue weighted by Gasteiger charge is 2.13. The van der Waals surface area contributed by atoms with E-state index in [0.717, 1.165) is 5.56 Å². The fourth-order valence-electron chi connectivity index (χ4n) is 2.41. The van der Waals surface area contributed by atoms with Crippen molar-refractivity contribution >= 4 is 11.5 Å². The minimum absolute atomic E-state index is 0.475. The highest BCUT2D eigenvalue weighted by molar-refractivity contribution is 5.52. The molecule has 8 heteroatoms. The number of rotatable bonds is 6. The van der Waals surface area contributed by atoms with E-state index in [4.69, 9.17) is 14.2 Å². The molecular formula is C16H19N5O3. The molecule has 2 aromatic heterocycles. The Labute approximate surface area is 139 Å². The molecule has 0 bridgehead atoms. The average Bonchev–Trinajstić information content (AvgIpc) is 2.98. The molecule has 0 aliphatic rings. The van der Waals surface area contributed by atoms with E-state index in [1.54, 1.807) is 21.3 Å². The van der Waals surface area contributed by atoms with Crippen LogP contribution >= 0.6 is 0 Å². The number of fused-ring (bicyclic) bond motifs is 1. The largest absolute Gasteiger partial charge is 0.496 e. The van der Waals surface area contributed by atoms with Crippen LogP contribution in [-0.4, -0.2) is 41.1 Å². The molecule has 0 fully saturated rings. The van der Waals surface area contributed by atoms with Crippen LogP contribution in [0.1, 0.15) is 11.4 Å². The van der Waals surface area contributed by atoms with Gasteiger partial charge in [-0.2, -0.15) is 0 Å². The first kappa shape index (κ1) is 15.9. The summed E-state index contributed by atoms with van der Waals surface area (Å²) in [4.78, 5) is 4.25. The van der Waals surface area contributed by atoms with Crippen molar-refractivity contribution in [1.29, 1.82) is 0 Å². The second-order valence-corrected chi connectivity index (χ2v) is 5.09. The molecular weight excluding hydrogens is 310 g/mol. The SMILES string of the molecule is COc1cc(OC)c(CNc2ccc3nc(C)nn3n2)c(OC)c1. The zero-order valence-corrected chi connectivity index (χ0v) is 14.0. The van der Waals surface area contributed by atoms with Crippen LogP contribution in [0.3, 0.4) is 0 Å². The van der Waals surface area contributed by atoms with Crippen molar-refractivity contribution in [1.82, 2.24) is 19.8 Å². The highest BCUT2D eigenvalue weighted by atomic mass is 16.5. The predicted molar refractivity (Wildman–Crippen MR) is 88.9 cm³/mol. The van der Waals surface area contributed by atoms with Crippen LogP contribution in [-0.2, 0) is 6.54 Å². The van der Waals surface area contributed by atoms with Crippen LogP contribution in [0, 0.1) is 6.92 Å². The second kappa shape index (κ2) is 6.61. The Morgan fingerprint density at radius 3 is 2.33 bits per heavy atom. The average molecular weight is 329 g/mol. The van der Waals surface area contributed by atoms with Gasteiger partial charge in [-0.3, -0.25) is 0 Å². The second-order valence-electron chi connectivity index (χ2n) is 5.09. The molecule has 0 unspecified atom stereocenters. The van der Waals surface area contributed by atoms with Gasteiger partial charge in [0.1, 0.15) is 28.9 Å². The van der Waals surface area contributed by atoms with Gasteiger partial charge in [-0.05, 0) is 19.1 Å². The molecule has 0 amide bonds. The normalized spacial score (nSPS) is 10.7. The van der Waals surface area contributed by atoms with Crippen LogP contribution in [0.15, 0.2) is 24.3 Å². The Hall–Kier alpha value is -3.03. The zero-order valence-electron chi connectivity index (χ0n) is 14.0. The molecule has 0 radical (unpaired) electrons. The van der Waals surface area contributed by atoms with Crippen molar-refractivity contribution in [2.45, 2.75) is 13.5 Å². The van der Waals surface area contributed by atoms with E-state index in [2.05, 4.69) is 20.5 Å². The highest BCUT2D eigenvalue weighted by Crippen LogP contribution is 2.34. The van der Waals surface area contributed by atoms with Crippen molar-refractivity contribution in [2.24, 2.45) is 0 Å². The first-order valence-corrected chi connectivity index (χ1v) is 7.38. The lowest BCUT2D eigenvalue weighted by Crippen LogP contribution is -2.07. The number of methoxy groups -OCH3 is 3. The molecule has 8 nitrogen and oxygen atoms in total. The number of anilines is 1. The maximum Gasteiger partial charge on any atom is 0.176 e. The minimum Gasteiger partial charge on any atom is -0.496 e. The van der Waals surface area contributed by atoms with E-state index < -0.39 is 0 Å². The van der Waals surface area contributed by atoms with Gasteiger partial charge in [-0.25, -0.2) is 4.98 Å². The number of aromatic nitrogens is 4. The van der Waals surface area contributed by atoms with E-state index in [0.29, 0.717) is 41.1 Å². The van der Waals surface area contributed by atoms with Gasteiger partial charge in [0.15, 0.2) is 5.65 Å². The lowest BCUT2D eigenvalue weighted by Gasteiger charge is -2.15. The minimum atomic E-state index is 0.475. The third kappa shape index (κ3) is 3.03. The maximum atomic E-state index is 5.44. The van der Waals surface area contributed by atoms with Crippen molar-refractivity contribution in [3.05, 3.63) is 35.7 Å². The number of hydrogen-bond donors (Lipinski definition) is 1. The summed E-state index contributed by atoms with van der Waals surface area (Å²) in [7, 11) is 4.83. The molecule has 1 aromatic carbocycles. The molecule has 0 aliphatic carbocycles. The molecule has 0 atom stereocenters. The van der Waals surface area contributed by atoms with Gasteiger partial charge in [0.25, 0.3) is 0 Å². The molecule has 24 heavy (non-hydrogen) atoms. The van der Waals surface area contributed by atoms with Crippen LogP contribution in [0.25, 0.3) is 5.65 Å². The van der Waals surface area contributed by atoms with Gasteiger partial charge in [-0.15, -0.1) is 14.8 Å². The quantitative estimate of drug-likeness (QED) is 0.741. The number of nitrogens with zero attached hydrogens (tertiary/aromatic N) is 4. The lowest BCUT2D eigenvalue weighted by atomic mass is 10.1. The summed E-state index contributed by atoms with van der Waals surface area (Å²) in [5, 5.41) is 11.8. The number of benzene rings is 1. The zero-order chi connectivity index (χ0) is 17.1.